The Hall–Kier alpha value is -3.66. The van der Waals surface area contributed by atoms with Crippen molar-refractivity contribution in [2.45, 2.75) is 25.8 Å². The molecule has 2 aliphatic rings. The summed E-state index contributed by atoms with van der Waals surface area (Å²) in [4.78, 5) is 32.5. The standard InChI is InChI=1S/C24H29N7O3/c1-16(32)30-10-12-31(13-11-30)24(33)17-4-2-6-19(14-17)34-20-7-9-26-22-21(20)23(29-28-22)27-18-5-3-8-25-15-18/h2,4,6-7,9,14,18,25H,3,5,8,10-13,15H2,1H3,(H2,26,27,28,29). The number of aromatic amines is 1. The van der Waals surface area contributed by atoms with Crippen LogP contribution in [-0.4, -0.2) is 82.1 Å². The Morgan fingerprint density at radius 3 is 2.74 bits per heavy atom. The molecular weight excluding hydrogens is 434 g/mol. The van der Waals surface area contributed by atoms with Crippen LogP contribution in [-0.2, 0) is 4.79 Å². The highest BCUT2D eigenvalue weighted by molar-refractivity contribution is 5.95. The van der Waals surface area contributed by atoms with E-state index in [1.807, 2.05) is 12.1 Å². The summed E-state index contributed by atoms with van der Waals surface area (Å²) in [5.41, 5.74) is 1.19. The number of hydrogen-bond donors (Lipinski definition) is 3. The van der Waals surface area contributed by atoms with Gasteiger partial charge in [-0.15, -0.1) is 0 Å². The second-order valence-corrected chi connectivity index (χ2v) is 8.72. The maximum atomic E-state index is 13.1. The number of ether oxygens (including phenoxy) is 1. The largest absolute Gasteiger partial charge is 0.456 e. The lowest BCUT2D eigenvalue weighted by atomic mass is 10.1. The maximum Gasteiger partial charge on any atom is 0.254 e. The highest BCUT2D eigenvalue weighted by Crippen LogP contribution is 2.33. The van der Waals surface area contributed by atoms with E-state index >= 15 is 0 Å². The molecule has 10 heteroatoms. The van der Waals surface area contributed by atoms with Crippen LogP contribution in [0.25, 0.3) is 11.0 Å². The van der Waals surface area contributed by atoms with Crippen molar-refractivity contribution in [3.63, 3.8) is 0 Å². The Morgan fingerprint density at radius 1 is 1.15 bits per heavy atom. The highest BCUT2D eigenvalue weighted by atomic mass is 16.5. The normalized spacial score (nSPS) is 18.7. The van der Waals surface area contributed by atoms with Crippen molar-refractivity contribution < 1.29 is 14.3 Å². The van der Waals surface area contributed by atoms with E-state index in [2.05, 4.69) is 25.8 Å². The predicted molar refractivity (Wildman–Crippen MR) is 128 cm³/mol. The quantitative estimate of drug-likeness (QED) is 0.531. The number of nitrogens with one attached hydrogen (secondary N) is 3. The molecule has 2 aliphatic heterocycles. The second-order valence-electron chi connectivity index (χ2n) is 8.72. The number of aromatic nitrogens is 3. The summed E-state index contributed by atoms with van der Waals surface area (Å²) in [6, 6.07) is 9.28. The molecule has 2 amide bonds. The van der Waals surface area contributed by atoms with Gasteiger partial charge in [0.05, 0.1) is 0 Å². The second kappa shape index (κ2) is 9.68. The third-order valence-corrected chi connectivity index (χ3v) is 6.38. The van der Waals surface area contributed by atoms with Gasteiger partial charge in [-0.2, -0.15) is 5.10 Å². The van der Waals surface area contributed by atoms with Crippen molar-refractivity contribution in [1.82, 2.24) is 30.3 Å². The molecular formula is C24H29N7O3. The summed E-state index contributed by atoms with van der Waals surface area (Å²) >= 11 is 0. The maximum absolute atomic E-state index is 13.1. The predicted octanol–water partition coefficient (Wildman–Crippen LogP) is 2.22. The summed E-state index contributed by atoms with van der Waals surface area (Å²) in [5.74, 6) is 1.86. The van der Waals surface area contributed by atoms with Crippen molar-refractivity contribution in [3.8, 4) is 11.5 Å². The first-order valence-electron chi connectivity index (χ1n) is 11.7. The molecule has 2 fully saturated rings. The van der Waals surface area contributed by atoms with Crippen molar-refractivity contribution in [3.05, 3.63) is 42.1 Å². The summed E-state index contributed by atoms with van der Waals surface area (Å²) < 4.78 is 6.23. The van der Waals surface area contributed by atoms with Gasteiger partial charge < -0.3 is 25.2 Å². The molecule has 34 heavy (non-hydrogen) atoms. The lowest BCUT2D eigenvalue weighted by Gasteiger charge is -2.34. The fraction of sp³-hybridized carbons (Fsp3) is 0.417. The van der Waals surface area contributed by atoms with Gasteiger partial charge in [0.25, 0.3) is 5.91 Å². The zero-order valence-electron chi connectivity index (χ0n) is 19.2. The van der Waals surface area contributed by atoms with Crippen molar-refractivity contribution in [2.75, 3.05) is 44.6 Å². The number of piperidine rings is 1. The number of pyridine rings is 1. The molecule has 0 radical (unpaired) electrons. The number of amides is 2. The molecule has 2 saturated heterocycles. The van der Waals surface area contributed by atoms with Crippen molar-refractivity contribution in [2.24, 2.45) is 0 Å². The minimum Gasteiger partial charge on any atom is -0.456 e. The average molecular weight is 464 g/mol. The van der Waals surface area contributed by atoms with Crippen LogP contribution in [0.2, 0.25) is 0 Å². The highest BCUT2D eigenvalue weighted by Gasteiger charge is 2.24. The van der Waals surface area contributed by atoms with E-state index in [1.165, 1.54) is 0 Å². The van der Waals surface area contributed by atoms with E-state index in [0.717, 1.165) is 31.3 Å². The number of anilines is 1. The van der Waals surface area contributed by atoms with E-state index in [-0.39, 0.29) is 17.9 Å². The summed E-state index contributed by atoms with van der Waals surface area (Å²) in [7, 11) is 0. The molecule has 3 aromatic rings. The molecule has 3 N–H and O–H groups in total. The molecule has 1 unspecified atom stereocenters. The topological polar surface area (TPSA) is 115 Å². The molecule has 1 atom stereocenters. The molecule has 5 rings (SSSR count). The van der Waals surface area contributed by atoms with Gasteiger partial charge >= 0.3 is 0 Å². The minimum absolute atomic E-state index is 0.0408. The van der Waals surface area contributed by atoms with Crippen molar-refractivity contribution >= 4 is 28.7 Å². The van der Waals surface area contributed by atoms with E-state index in [0.29, 0.717) is 54.7 Å². The summed E-state index contributed by atoms with van der Waals surface area (Å²) in [6.07, 6.45) is 3.86. The van der Waals surface area contributed by atoms with Crippen LogP contribution in [0.15, 0.2) is 36.5 Å². The van der Waals surface area contributed by atoms with Gasteiger partial charge in [0.15, 0.2) is 11.5 Å². The molecule has 10 nitrogen and oxygen atoms in total. The van der Waals surface area contributed by atoms with Crippen LogP contribution < -0.4 is 15.4 Å². The summed E-state index contributed by atoms with van der Waals surface area (Å²) in [5, 5.41) is 15.1. The monoisotopic (exact) mass is 463 g/mol. The van der Waals surface area contributed by atoms with Crippen LogP contribution in [0.3, 0.4) is 0 Å². The number of rotatable bonds is 5. The molecule has 0 saturated carbocycles. The Bertz CT molecular complexity index is 1180. The average Bonchev–Trinajstić information content (AvgIpc) is 3.28. The van der Waals surface area contributed by atoms with E-state index in [4.69, 9.17) is 4.74 Å². The summed E-state index contributed by atoms with van der Waals surface area (Å²) in [6.45, 7) is 5.63. The zero-order valence-corrected chi connectivity index (χ0v) is 19.2. The molecule has 178 valence electrons. The van der Waals surface area contributed by atoms with E-state index in [9.17, 15) is 9.59 Å². The van der Waals surface area contributed by atoms with Crippen molar-refractivity contribution in [1.29, 1.82) is 0 Å². The van der Waals surface area contributed by atoms with Gasteiger partial charge in [0.1, 0.15) is 16.9 Å². The van der Waals surface area contributed by atoms with Crippen LogP contribution in [0.4, 0.5) is 5.82 Å². The van der Waals surface area contributed by atoms with Crippen LogP contribution in [0.1, 0.15) is 30.1 Å². The number of piperazine rings is 1. The number of carbonyl (C=O) groups is 2. The molecule has 0 spiro atoms. The third kappa shape index (κ3) is 4.67. The van der Waals surface area contributed by atoms with Crippen LogP contribution in [0.5, 0.6) is 11.5 Å². The molecule has 1 aromatic carbocycles. The number of hydrogen-bond acceptors (Lipinski definition) is 7. The lowest BCUT2D eigenvalue weighted by molar-refractivity contribution is -0.130. The van der Waals surface area contributed by atoms with Gasteiger partial charge in [-0.1, -0.05) is 6.07 Å². The number of H-pyrrole nitrogens is 1. The third-order valence-electron chi connectivity index (χ3n) is 6.38. The van der Waals surface area contributed by atoms with Gasteiger partial charge in [0, 0.05) is 63.5 Å². The lowest BCUT2D eigenvalue weighted by Crippen LogP contribution is -2.50. The Balaban J connectivity index is 1.33. The Morgan fingerprint density at radius 2 is 1.97 bits per heavy atom. The van der Waals surface area contributed by atoms with E-state index < -0.39 is 0 Å². The Kier molecular flexibility index (Phi) is 6.31. The van der Waals surface area contributed by atoms with Gasteiger partial charge in [-0.05, 0) is 37.6 Å². The van der Waals surface area contributed by atoms with E-state index in [1.54, 1.807) is 41.1 Å². The van der Waals surface area contributed by atoms with Gasteiger partial charge in [0.2, 0.25) is 5.91 Å². The first kappa shape index (κ1) is 22.1. The Labute approximate surface area is 197 Å². The number of nitrogens with zero attached hydrogens (tertiary/aromatic N) is 4. The molecule has 0 bridgehead atoms. The number of carbonyl (C=O) groups excluding carboxylic acids is 2. The first-order valence-corrected chi connectivity index (χ1v) is 11.7. The van der Waals surface area contributed by atoms with Crippen LogP contribution >= 0.6 is 0 Å². The van der Waals surface area contributed by atoms with Crippen LogP contribution in [0, 0.1) is 0 Å². The fourth-order valence-corrected chi connectivity index (χ4v) is 4.51. The zero-order chi connectivity index (χ0) is 23.5. The fourth-order valence-electron chi connectivity index (χ4n) is 4.51. The smallest absolute Gasteiger partial charge is 0.254 e. The van der Waals surface area contributed by atoms with Gasteiger partial charge in [-0.25, -0.2) is 4.98 Å². The molecule has 2 aromatic heterocycles. The SMILES string of the molecule is CC(=O)N1CCN(C(=O)c2cccc(Oc3ccnc4[nH]nc(NC5CCCNC5)c34)c2)CC1. The minimum atomic E-state index is -0.0657. The first-order chi connectivity index (χ1) is 16.6. The number of fused-ring (bicyclic) bond motifs is 1. The number of benzene rings is 1. The molecule has 4 heterocycles. The molecule has 0 aliphatic carbocycles. The van der Waals surface area contributed by atoms with Gasteiger partial charge in [-0.3, -0.25) is 14.7 Å².